The molecule has 1 aromatic carbocycles. The van der Waals surface area contributed by atoms with Gasteiger partial charge in [-0.25, -0.2) is 0 Å². The van der Waals surface area contributed by atoms with Crippen LogP contribution in [0.2, 0.25) is 0 Å². The van der Waals surface area contributed by atoms with Crippen molar-refractivity contribution < 1.29 is 38.4 Å². The quantitative estimate of drug-likeness (QED) is 0.548. The molecule has 9 heteroatoms. The summed E-state index contributed by atoms with van der Waals surface area (Å²) < 4.78 is 22.2. The topological polar surface area (TPSA) is 112 Å². The molecule has 0 bridgehead atoms. The Morgan fingerprint density at radius 3 is 2.81 bits per heavy atom. The van der Waals surface area contributed by atoms with E-state index >= 15 is 0 Å². The average molecular weight is 431 g/mol. The number of Topliss-reactive ketones (excluding diaryl/α,β-unsaturated/α-hetero) is 1. The molecule has 3 heterocycles. The highest BCUT2D eigenvalue weighted by molar-refractivity contribution is 6.02. The van der Waals surface area contributed by atoms with Gasteiger partial charge >= 0.3 is 5.97 Å². The van der Waals surface area contributed by atoms with Crippen molar-refractivity contribution >= 4 is 17.7 Å². The minimum Gasteiger partial charge on any atom is -0.497 e. The van der Waals surface area contributed by atoms with Crippen LogP contribution in [0.1, 0.15) is 42.5 Å². The van der Waals surface area contributed by atoms with Crippen LogP contribution in [0.5, 0.6) is 11.5 Å². The van der Waals surface area contributed by atoms with Crippen molar-refractivity contribution in [2.45, 2.75) is 50.7 Å². The Bertz CT molecular complexity index is 963. The summed E-state index contributed by atoms with van der Waals surface area (Å²) in [5, 5.41) is 11.4. The Balaban J connectivity index is 1.55. The van der Waals surface area contributed by atoms with Crippen LogP contribution in [0.3, 0.4) is 0 Å². The molecule has 1 N–H and O–H groups in total. The predicted molar refractivity (Wildman–Crippen MR) is 104 cm³/mol. The van der Waals surface area contributed by atoms with E-state index in [2.05, 4.69) is 0 Å². The lowest BCUT2D eigenvalue weighted by molar-refractivity contribution is -0.269. The molecule has 4 fully saturated rings. The van der Waals surface area contributed by atoms with Gasteiger partial charge in [-0.1, -0.05) is 0 Å². The molecule has 0 aromatic heterocycles. The first-order valence-corrected chi connectivity index (χ1v) is 10.4. The standard InChI is InChI=1S/C22H25NO8/c1-28-12-3-4-15(29-2)13(9-12)14(24)10-21-8-7-16-22(21,11-30-20(21)27)19(26)23-17(25)5-6-18(23)31-16/h3-4,9,16,18-19,26H,5-8,10-11H2,1-2H3/t16-,18+,19-,21-,22+/m1/s1. The zero-order chi connectivity index (χ0) is 22.0. The fourth-order valence-electron chi connectivity index (χ4n) is 5.97. The molecule has 1 amide bonds. The molecule has 0 unspecified atom stereocenters. The fraction of sp³-hybridized carbons (Fsp3) is 0.591. The first-order chi connectivity index (χ1) is 14.9. The van der Waals surface area contributed by atoms with Crippen LogP contribution in [0.25, 0.3) is 0 Å². The van der Waals surface area contributed by atoms with Gasteiger partial charge in [0.05, 0.1) is 36.7 Å². The van der Waals surface area contributed by atoms with E-state index in [9.17, 15) is 19.5 Å². The van der Waals surface area contributed by atoms with E-state index < -0.39 is 35.4 Å². The molecule has 4 aliphatic rings. The average Bonchev–Trinajstić information content (AvgIpc) is 3.39. The second kappa shape index (κ2) is 6.93. The third-order valence-corrected chi connectivity index (χ3v) is 7.55. The number of benzene rings is 1. The van der Waals surface area contributed by atoms with Gasteiger partial charge in [-0.2, -0.15) is 0 Å². The van der Waals surface area contributed by atoms with Crippen LogP contribution in [-0.4, -0.2) is 67.1 Å². The number of cyclic esters (lactones) is 1. The summed E-state index contributed by atoms with van der Waals surface area (Å²) in [6.45, 7) is -0.0866. The Morgan fingerprint density at radius 2 is 2.06 bits per heavy atom. The van der Waals surface area contributed by atoms with Crippen LogP contribution in [0.15, 0.2) is 18.2 Å². The monoisotopic (exact) mass is 431 g/mol. The molecule has 5 rings (SSSR count). The number of carbonyl (C=O) groups excluding carboxylic acids is 3. The first kappa shape index (κ1) is 20.3. The van der Waals surface area contributed by atoms with Gasteiger partial charge in [-0.3, -0.25) is 19.3 Å². The van der Waals surface area contributed by atoms with Gasteiger partial charge in [0.1, 0.15) is 30.6 Å². The maximum atomic E-state index is 13.5. The predicted octanol–water partition coefficient (Wildman–Crippen LogP) is 1.27. The molecule has 1 spiro atoms. The molecule has 9 nitrogen and oxygen atoms in total. The molecule has 3 saturated heterocycles. The van der Waals surface area contributed by atoms with Gasteiger partial charge in [0.2, 0.25) is 5.91 Å². The zero-order valence-electron chi connectivity index (χ0n) is 17.5. The summed E-state index contributed by atoms with van der Waals surface area (Å²) in [6.07, 6.45) is -0.775. The third-order valence-electron chi connectivity index (χ3n) is 7.55. The number of hydrogen-bond donors (Lipinski definition) is 1. The number of rotatable bonds is 5. The van der Waals surface area contributed by atoms with Crippen molar-refractivity contribution in [2.75, 3.05) is 20.8 Å². The number of methoxy groups -OCH3 is 2. The van der Waals surface area contributed by atoms with E-state index in [0.29, 0.717) is 30.8 Å². The molecule has 1 saturated carbocycles. The zero-order valence-corrected chi connectivity index (χ0v) is 17.5. The van der Waals surface area contributed by atoms with Gasteiger partial charge in [0.25, 0.3) is 0 Å². The number of fused-ring (bicyclic) bond motifs is 1. The van der Waals surface area contributed by atoms with Crippen molar-refractivity contribution in [1.82, 2.24) is 4.90 Å². The highest BCUT2D eigenvalue weighted by atomic mass is 16.6. The van der Waals surface area contributed by atoms with Gasteiger partial charge < -0.3 is 24.1 Å². The lowest BCUT2D eigenvalue weighted by Crippen LogP contribution is -2.66. The van der Waals surface area contributed by atoms with Gasteiger partial charge in [0, 0.05) is 19.3 Å². The number of aliphatic hydroxyl groups excluding tert-OH is 1. The van der Waals surface area contributed by atoms with Crippen molar-refractivity contribution in [3.8, 4) is 11.5 Å². The van der Waals surface area contributed by atoms with Gasteiger partial charge in [-0.15, -0.1) is 0 Å². The van der Waals surface area contributed by atoms with Crippen LogP contribution in [0, 0.1) is 10.8 Å². The molecule has 166 valence electrons. The van der Waals surface area contributed by atoms with E-state index in [-0.39, 0.29) is 36.7 Å². The van der Waals surface area contributed by atoms with E-state index in [1.807, 2.05) is 0 Å². The molecule has 1 aliphatic carbocycles. The number of carbonyl (C=O) groups is 3. The first-order valence-electron chi connectivity index (χ1n) is 10.4. The highest BCUT2D eigenvalue weighted by Gasteiger charge is 2.76. The van der Waals surface area contributed by atoms with E-state index in [1.165, 1.54) is 19.1 Å². The van der Waals surface area contributed by atoms with Crippen molar-refractivity contribution in [3.63, 3.8) is 0 Å². The van der Waals surface area contributed by atoms with Crippen LogP contribution in [-0.2, 0) is 19.1 Å². The van der Waals surface area contributed by atoms with E-state index in [0.717, 1.165) is 0 Å². The Hall–Kier alpha value is -2.65. The van der Waals surface area contributed by atoms with Gasteiger partial charge in [-0.05, 0) is 31.0 Å². The number of hydrogen-bond acceptors (Lipinski definition) is 8. The van der Waals surface area contributed by atoms with Crippen LogP contribution < -0.4 is 9.47 Å². The normalized spacial score (nSPS) is 36.0. The maximum Gasteiger partial charge on any atom is 0.313 e. The van der Waals surface area contributed by atoms with Crippen LogP contribution in [0.4, 0.5) is 0 Å². The molecule has 0 radical (unpaired) electrons. The Kier molecular flexibility index (Phi) is 4.53. The number of ether oxygens (including phenoxy) is 4. The SMILES string of the molecule is COc1ccc(OC)c(C(=O)C[C@@]23CC[C@H]4O[C@H]5CCC(=O)N5[C@H](O)[C@]42COC3=O)c1. The number of ketones is 1. The lowest BCUT2D eigenvalue weighted by Gasteiger charge is -2.51. The number of esters is 1. The molecule has 31 heavy (non-hydrogen) atoms. The summed E-state index contributed by atoms with van der Waals surface area (Å²) >= 11 is 0. The van der Waals surface area contributed by atoms with Crippen molar-refractivity contribution in [1.29, 1.82) is 0 Å². The number of amides is 1. The maximum absolute atomic E-state index is 13.5. The summed E-state index contributed by atoms with van der Waals surface area (Å²) in [6, 6.07) is 4.89. The molecule has 1 aromatic rings. The summed E-state index contributed by atoms with van der Waals surface area (Å²) in [7, 11) is 2.96. The number of aliphatic hydroxyl groups is 1. The third kappa shape index (κ3) is 2.53. The minimum atomic E-state index is -1.28. The Labute approximate surface area is 179 Å². The lowest BCUT2D eigenvalue weighted by atomic mass is 9.62. The molecular formula is C22H25NO8. The smallest absolute Gasteiger partial charge is 0.313 e. The van der Waals surface area contributed by atoms with Crippen molar-refractivity contribution in [2.24, 2.45) is 10.8 Å². The second-order valence-corrected chi connectivity index (χ2v) is 8.70. The molecular weight excluding hydrogens is 406 g/mol. The molecule has 3 aliphatic heterocycles. The summed E-state index contributed by atoms with van der Waals surface area (Å²) in [5.41, 5.74) is -2.17. The largest absolute Gasteiger partial charge is 0.497 e. The second-order valence-electron chi connectivity index (χ2n) is 8.70. The number of nitrogens with zero attached hydrogens (tertiary/aromatic N) is 1. The highest BCUT2D eigenvalue weighted by Crippen LogP contribution is 2.65. The summed E-state index contributed by atoms with van der Waals surface area (Å²) in [5.74, 6) is -0.213. The van der Waals surface area contributed by atoms with Gasteiger partial charge in [0.15, 0.2) is 5.78 Å². The Morgan fingerprint density at radius 1 is 1.26 bits per heavy atom. The minimum absolute atomic E-state index is 0.0866. The fourth-order valence-corrected chi connectivity index (χ4v) is 5.97. The molecule has 5 atom stereocenters. The van der Waals surface area contributed by atoms with Crippen LogP contribution >= 0.6 is 0 Å². The van der Waals surface area contributed by atoms with E-state index in [1.54, 1.807) is 18.2 Å². The summed E-state index contributed by atoms with van der Waals surface area (Å²) in [4.78, 5) is 40.3. The van der Waals surface area contributed by atoms with Crippen molar-refractivity contribution in [3.05, 3.63) is 23.8 Å². The van der Waals surface area contributed by atoms with E-state index in [4.69, 9.17) is 18.9 Å².